The fraction of sp³-hybridized carbons (Fsp3) is 0.438. The average molecular weight is 318 g/mol. The van der Waals surface area contributed by atoms with Gasteiger partial charge >= 0.3 is 6.03 Å². The lowest BCUT2D eigenvalue weighted by Gasteiger charge is -2.15. The summed E-state index contributed by atoms with van der Waals surface area (Å²) in [5.41, 5.74) is 1.25. The molecule has 1 fully saturated rings. The molecule has 7 nitrogen and oxygen atoms in total. The number of hydrogen-bond donors (Lipinski definition) is 3. The van der Waals surface area contributed by atoms with Gasteiger partial charge in [0.2, 0.25) is 5.91 Å². The first-order valence-corrected chi connectivity index (χ1v) is 7.70. The van der Waals surface area contributed by atoms with Gasteiger partial charge in [-0.05, 0) is 31.2 Å². The number of nitrogens with zero attached hydrogens (tertiary/aromatic N) is 1. The van der Waals surface area contributed by atoms with Gasteiger partial charge in [-0.25, -0.2) is 4.79 Å². The Morgan fingerprint density at radius 1 is 1.39 bits per heavy atom. The van der Waals surface area contributed by atoms with Crippen LogP contribution in [0.5, 0.6) is 0 Å². The molecule has 0 radical (unpaired) electrons. The molecule has 124 valence electrons. The number of amides is 4. The van der Waals surface area contributed by atoms with Gasteiger partial charge in [0, 0.05) is 18.2 Å². The molecule has 0 bridgehead atoms. The molecule has 0 spiro atoms. The van der Waals surface area contributed by atoms with Crippen LogP contribution in [-0.4, -0.2) is 48.4 Å². The van der Waals surface area contributed by atoms with Crippen LogP contribution in [0.1, 0.15) is 29.8 Å². The summed E-state index contributed by atoms with van der Waals surface area (Å²) in [5, 5.41) is 8.55. The molecule has 0 unspecified atom stereocenters. The number of carbonyl (C=O) groups is 3. The van der Waals surface area contributed by atoms with Gasteiger partial charge in [-0.3, -0.25) is 14.5 Å². The van der Waals surface area contributed by atoms with E-state index in [9.17, 15) is 14.4 Å². The normalized spacial score (nSPS) is 15.5. The standard InChI is InChI=1S/C16H22N4O3/c1-3-17-11(2)8-18-15(22)13-6-4-5-12(7-13)10-20-14(21)9-19-16(20)23/h4-7,11,17H,3,8-10H2,1-2H3,(H,18,22)(H,19,23)/t11-/m1/s1. The van der Waals surface area contributed by atoms with Gasteiger partial charge in [0.1, 0.15) is 0 Å². The third kappa shape index (κ3) is 4.53. The highest BCUT2D eigenvalue weighted by atomic mass is 16.2. The summed E-state index contributed by atoms with van der Waals surface area (Å²) < 4.78 is 0. The topological polar surface area (TPSA) is 90.5 Å². The lowest BCUT2D eigenvalue weighted by atomic mass is 10.1. The van der Waals surface area contributed by atoms with E-state index >= 15 is 0 Å². The van der Waals surface area contributed by atoms with Crippen molar-refractivity contribution >= 4 is 17.8 Å². The first-order valence-electron chi connectivity index (χ1n) is 7.70. The Morgan fingerprint density at radius 2 is 2.17 bits per heavy atom. The molecular formula is C16H22N4O3. The van der Waals surface area contributed by atoms with E-state index in [1.807, 2.05) is 13.8 Å². The maximum absolute atomic E-state index is 12.2. The highest BCUT2D eigenvalue weighted by Crippen LogP contribution is 2.11. The zero-order valence-electron chi connectivity index (χ0n) is 13.4. The lowest BCUT2D eigenvalue weighted by Crippen LogP contribution is -2.38. The maximum Gasteiger partial charge on any atom is 0.324 e. The van der Waals surface area contributed by atoms with E-state index in [1.165, 1.54) is 0 Å². The van der Waals surface area contributed by atoms with Gasteiger partial charge in [0.15, 0.2) is 0 Å². The van der Waals surface area contributed by atoms with Crippen molar-refractivity contribution in [2.75, 3.05) is 19.6 Å². The fourth-order valence-corrected chi connectivity index (χ4v) is 2.38. The summed E-state index contributed by atoms with van der Waals surface area (Å²) in [6.45, 7) is 5.58. The SMILES string of the molecule is CCN[C@H](C)CNC(=O)c1cccc(CN2C(=O)CNC2=O)c1. The van der Waals surface area contributed by atoms with E-state index in [4.69, 9.17) is 0 Å². The largest absolute Gasteiger partial charge is 0.350 e. The first-order chi connectivity index (χ1) is 11.0. The Hall–Kier alpha value is -2.41. The van der Waals surface area contributed by atoms with Gasteiger partial charge in [0.05, 0.1) is 13.1 Å². The van der Waals surface area contributed by atoms with Crippen molar-refractivity contribution in [2.45, 2.75) is 26.4 Å². The molecule has 1 aromatic carbocycles. The van der Waals surface area contributed by atoms with Gasteiger partial charge < -0.3 is 16.0 Å². The van der Waals surface area contributed by atoms with Crippen LogP contribution in [0.4, 0.5) is 4.79 Å². The van der Waals surface area contributed by atoms with Crippen LogP contribution >= 0.6 is 0 Å². The molecule has 23 heavy (non-hydrogen) atoms. The Balaban J connectivity index is 1.97. The Bertz CT molecular complexity index is 587. The molecule has 1 saturated heterocycles. The third-order valence-electron chi connectivity index (χ3n) is 3.59. The van der Waals surface area contributed by atoms with Crippen molar-refractivity contribution in [1.29, 1.82) is 0 Å². The summed E-state index contributed by atoms with van der Waals surface area (Å²) in [4.78, 5) is 36.5. The molecular weight excluding hydrogens is 296 g/mol. The van der Waals surface area contributed by atoms with Crippen LogP contribution in [0.2, 0.25) is 0 Å². The van der Waals surface area contributed by atoms with E-state index < -0.39 is 6.03 Å². The van der Waals surface area contributed by atoms with E-state index in [2.05, 4.69) is 16.0 Å². The molecule has 3 N–H and O–H groups in total. The van der Waals surface area contributed by atoms with Crippen LogP contribution in [0.3, 0.4) is 0 Å². The van der Waals surface area contributed by atoms with E-state index in [0.717, 1.165) is 17.0 Å². The quantitative estimate of drug-likeness (QED) is 0.637. The molecule has 7 heteroatoms. The van der Waals surface area contributed by atoms with E-state index in [0.29, 0.717) is 12.1 Å². The van der Waals surface area contributed by atoms with Crippen molar-refractivity contribution < 1.29 is 14.4 Å². The summed E-state index contributed by atoms with van der Waals surface area (Å²) in [7, 11) is 0. The second kappa shape index (κ2) is 7.73. The third-order valence-corrected chi connectivity index (χ3v) is 3.59. The highest BCUT2D eigenvalue weighted by molar-refractivity contribution is 6.02. The van der Waals surface area contributed by atoms with Crippen LogP contribution in [0.25, 0.3) is 0 Å². The minimum absolute atomic E-state index is 0.0291. The van der Waals surface area contributed by atoms with Gasteiger partial charge in [-0.1, -0.05) is 19.1 Å². The van der Waals surface area contributed by atoms with E-state index in [1.54, 1.807) is 24.3 Å². The van der Waals surface area contributed by atoms with Crippen molar-refractivity contribution in [2.24, 2.45) is 0 Å². The van der Waals surface area contributed by atoms with Crippen molar-refractivity contribution in [3.05, 3.63) is 35.4 Å². The Labute approximate surface area is 135 Å². The molecule has 1 atom stereocenters. The number of imide groups is 1. The lowest BCUT2D eigenvalue weighted by molar-refractivity contribution is -0.125. The molecule has 0 saturated carbocycles. The average Bonchev–Trinajstić information content (AvgIpc) is 2.85. The highest BCUT2D eigenvalue weighted by Gasteiger charge is 2.28. The molecule has 2 rings (SSSR count). The number of benzene rings is 1. The second-order valence-electron chi connectivity index (χ2n) is 5.51. The predicted molar refractivity (Wildman–Crippen MR) is 85.9 cm³/mol. The number of likely N-dealkylation sites (N-methyl/N-ethyl adjacent to an activating group) is 1. The monoisotopic (exact) mass is 318 g/mol. The van der Waals surface area contributed by atoms with Crippen LogP contribution < -0.4 is 16.0 Å². The maximum atomic E-state index is 12.2. The fourth-order valence-electron chi connectivity index (χ4n) is 2.38. The van der Waals surface area contributed by atoms with Crippen LogP contribution in [0, 0.1) is 0 Å². The van der Waals surface area contributed by atoms with Gasteiger partial charge in [-0.2, -0.15) is 0 Å². The summed E-state index contributed by atoms with van der Waals surface area (Å²) in [6.07, 6.45) is 0. The summed E-state index contributed by atoms with van der Waals surface area (Å²) in [6, 6.07) is 6.74. The number of carbonyl (C=O) groups excluding carboxylic acids is 3. The number of rotatable bonds is 7. The van der Waals surface area contributed by atoms with Crippen LogP contribution in [0.15, 0.2) is 24.3 Å². The second-order valence-corrected chi connectivity index (χ2v) is 5.51. The van der Waals surface area contributed by atoms with Crippen molar-refractivity contribution in [3.63, 3.8) is 0 Å². The smallest absolute Gasteiger partial charge is 0.324 e. The Morgan fingerprint density at radius 3 is 2.83 bits per heavy atom. The Kier molecular flexibility index (Phi) is 5.70. The van der Waals surface area contributed by atoms with Gasteiger partial charge in [-0.15, -0.1) is 0 Å². The minimum atomic E-state index is -0.399. The zero-order valence-corrected chi connectivity index (χ0v) is 13.4. The molecule has 1 aromatic rings. The van der Waals surface area contributed by atoms with Gasteiger partial charge in [0.25, 0.3) is 5.91 Å². The summed E-state index contributed by atoms with van der Waals surface area (Å²) >= 11 is 0. The zero-order chi connectivity index (χ0) is 16.8. The molecule has 1 aliphatic heterocycles. The minimum Gasteiger partial charge on any atom is -0.350 e. The first kappa shape index (κ1) is 17.0. The predicted octanol–water partition coefficient (Wildman–Crippen LogP) is 0.466. The van der Waals surface area contributed by atoms with Crippen molar-refractivity contribution in [1.82, 2.24) is 20.9 Å². The summed E-state index contributed by atoms with van der Waals surface area (Å²) in [5.74, 6) is -0.432. The molecule has 1 heterocycles. The van der Waals surface area contributed by atoms with Crippen molar-refractivity contribution in [3.8, 4) is 0 Å². The number of urea groups is 1. The molecule has 0 aliphatic carbocycles. The van der Waals surface area contributed by atoms with Crippen LogP contribution in [-0.2, 0) is 11.3 Å². The number of hydrogen-bond acceptors (Lipinski definition) is 4. The molecule has 0 aromatic heterocycles. The number of nitrogens with one attached hydrogen (secondary N) is 3. The molecule has 4 amide bonds. The van der Waals surface area contributed by atoms with E-state index in [-0.39, 0.29) is 30.9 Å². The molecule has 1 aliphatic rings.